The summed E-state index contributed by atoms with van der Waals surface area (Å²) in [6.07, 6.45) is 0.151. The van der Waals surface area contributed by atoms with Crippen LogP contribution in [-0.2, 0) is 27.2 Å². The van der Waals surface area contributed by atoms with Crippen molar-refractivity contribution in [1.29, 1.82) is 0 Å². The van der Waals surface area contributed by atoms with E-state index in [-0.39, 0.29) is 36.9 Å². The van der Waals surface area contributed by atoms with Crippen LogP contribution in [0.25, 0.3) is 0 Å². The molecule has 0 spiro atoms. The van der Waals surface area contributed by atoms with E-state index in [1.54, 1.807) is 24.3 Å². The number of halogens is 2. The van der Waals surface area contributed by atoms with Gasteiger partial charge in [-0.05, 0) is 60.4 Å². The molecule has 1 saturated heterocycles. The van der Waals surface area contributed by atoms with Crippen molar-refractivity contribution in [2.75, 3.05) is 23.3 Å². The van der Waals surface area contributed by atoms with E-state index < -0.39 is 23.6 Å². The Kier molecular flexibility index (Phi) is 6.03. The van der Waals surface area contributed by atoms with E-state index in [0.717, 1.165) is 5.56 Å². The second-order valence-corrected chi connectivity index (χ2v) is 8.16. The van der Waals surface area contributed by atoms with Crippen molar-refractivity contribution in [1.82, 2.24) is 5.32 Å². The maximum atomic E-state index is 13.4. The van der Waals surface area contributed by atoms with Crippen LogP contribution in [0.3, 0.4) is 0 Å². The van der Waals surface area contributed by atoms with Crippen molar-refractivity contribution < 1.29 is 28.6 Å². The van der Waals surface area contributed by atoms with E-state index in [1.165, 1.54) is 17.0 Å². The summed E-state index contributed by atoms with van der Waals surface area (Å²) in [5, 5.41) is 16.1. The van der Waals surface area contributed by atoms with Gasteiger partial charge in [0.15, 0.2) is 0 Å². The monoisotopic (exact) mass is 461 g/mol. The van der Waals surface area contributed by atoms with Gasteiger partial charge in [0, 0.05) is 42.3 Å². The number of aryl methyl sites for hydroxylation is 1. The van der Waals surface area contributed by atoms with Crippen molar-refractivity contribution in [3.05, 3.63) is 58.4 Å². The Morgan fingerprint density at radius 1 is 1.25 bits per heavy atom. The Bertz CT molecular complexity index is 1070. The van der Waals surface area contributed by atoms with Crippen LogP contribution in [-0.4, -0.2) is 41.9 Å². The predicted molar refractivity (Wildman–Crippen MR) is 115 cm³/mol. The van der Waals surface area contributed by atoms with Gasteiger partial charge in [-0.25, -0.2) is 9.18 Å². The van der Waals surface area contributed by atoms with Crippen LogP contribution in [0.15, 0.2) is 36.4 Å². The molecule has 8 nitrogen and oxygen atoms in total. The number of nitrogens with zero attached hydrogens (tertiary/aromatic N) is 1. The van der Waals surface area contributed by atoms with E-state index in [1.807, 2.05) is 0 Å². The van der Waals surface area contributed by atoms with Gasteiger partial charge in [-0.1, -0.05) is 11.6 Å². The van der Waals surface area contributed by atoms with Crippen molar-refractivity contribution in [2.45, 2.75) is 31.5 Å². The average molecular weight is 462 g/mol. The number of ether oxygens (including phenoxy) is 1. The van der Waals surface area contributed by atoms with Gasteiger partial charge in [-0.2, -0.15) is 0 Å². The Morgan fingerprint density at radius 3 is 2.84 bits per heavy atom. The molecular formula is C22H21ClFN3O5. The minimum Gasteiger partial charge on any atom is -0.407 e. The Morgan fingerprint density at radius 2 is 2.06 bits per heavy atom. The number of anilines is 2. The lowest BCUT2D eigenvalue weighted by Crippen LogP contribution is -2.46. The highest BCUT2D eigenvalue weighted by atomic mass is 35.5. The Labute approximate surface area is 188 Å². The van der Waals surface area contributed by atoms with E-state index in [9.17, 15) is 23.9 Å². The molecule has 168 valence electrons. The number of aliphatic hydroxyl groups is 1. The second kappa shape index (κ2) is 8.76. The van der Waals surface area contributed by atoms with E-state index in [4.69, 9.17) is 16.3 Å². The Balaban J connectivity index is 1.35. The van der Waals surface area contributed by atoms with Gasteiger partial charge < -0.3 is 25.4 Å². The van der Waals surface area contributed by atoms with Gasteiger partial charge in [-0.15, -0.1) is 0 Å². The molecule has 2 heterocycles. The Hall–Kier alpha value is -3.17. The van der Waals surface area contributed by atoms with Crippen molar-refractivity contribution in [3.63, 3.8) is 0 Å². The molecule has 2 aromatic rings. The topological polar surface area (TPSA) is 108 Å². The smallest absolute Gasteiger partial charge is 0.407 e. The molecule has 2 aromatic carbocycles. The molecule has 0 bridgehead atoms. The summed E-state index contributed by atoms with van der Waals surface area (Å²) in [5.74, 6) is -3.57. The fourth-order valence-corrected chi connectivity index (χ4v) is 4.06. The zero-order valence-corrected chi connectivity index (χ0v) is 17.7. The van der Waals surface area contributed by atoms with Gasteiger partial charge in [-0.3, -0.25) is 9.59 Å². The van der Waals surface area contributed by atoms with Gasteiger partial charge in [0.1, 0.15) is 5.82 Å². The summed E-state index contributed by atoms with van der Waals surface area (Å²) in [4.78, 5) is 37.8. The number of amides is 3. The summed E-state index contributed by atoms with van der Waals surface area (Å²) < 4.78 is 18.4. The first-order chi connectivity index (χ1) is 15.2. The van der Waals surface area contributed by atoms with Crippen molar-refractivity contribution >= 4 is 40.9 Å². The molecular weight excluding hydrogens is 441 g/mol. The molecule has 1 unspecified atom stereocenters. The molecule has 1 fully saturated rings. The normalized spacial score (nSPS) is 20.0. The van der Waals surface area contributed by atoms with Crippen LogP contribution >= 0.6 is 11.6 Å². The fourth-order valence-electron chi connectivity index (χ4n) is 3.82. The number of carbonyl (C=O) groups excluding carboxylic acids is 3. The molecule has 0 radical (unpaired) electrons. The maximum Gasteiger partial charge on any atom is 0.410 e. The summed E-state index contributed by atoms with van der Waals surface area (Å²) in [6.45, 7) is 0.263. The third kappa shape index (κ3) is 4.68. The lowest BCUT2D eigenvalue weighted by Gasteiger charge is -2.24. The van der Waals surface area contributed by atoms with Gasteiger partial charge in [0.2, 0.25) is 5.91 Å². The predicted octanol–water partition coefficient (Wildman–Crippen LogP) is 2.76. The molecule has 3 amide bonds. The van der Waals surface area contributed by atoms with Crippen LogP contribution < -0.4 is 15.5 Å². The number of hydrogen-bond donors (Lipinski definition) is 3. The SMILES string of the molecule is O=C1CCc2cc(N3CCC(O)(OC(=O)NCCc4cc(F)cc(Cl)c4)C3=O)ccc2N1. The highest BCUT2D eigenvalue weighted by Crippen LogP contribution is 2.33. The fraction of sp³-hybridized carbons (Fsp3) is 0.318. The number of rotatable bonds is 5. The number of carbonyl (C=O) groups is 3. The van der Waals surface area contributed by atoms with E-state index >= 15 is 0 Å². The summed E-state index contributed by atoms with van der Waals surface area (Å²) in [6, 6.07) is 9.21. The molecule has 0 aromatic heterocycles. The molecule has 0 saturated carbocycles. The zero-order valence-electron chi connectivity index (χ0n) is 17.0. The van der Waals surface area contributed by atoms with Crippen molar-refractivity contribution in [3.8, 4) is 0 Å². The van der Waals surface area contributed by atoms with Crippen LogP contribution in [0.4, 0.5) is 20.6 Å². The van der Waals surface area contributed by atoms with Crippen LogP contribution in [0.5, 0.6) is 0 Å². The molecule has 10 heteroatoms. The minimum atomic E-state index is -2.28. The third-order valence-electron chi connectivity index (χ3n) is 5.42. The van der Waals surface area contributed by atoms with Crippen LogP contribution in [0, 0.1) is 5.82 Å². The zero-order chi connectivity index (χ0) is 22.9. The van der Waals surface area contributed by atoms with Gasteiger partial charge >= 0.3 is 6.09 Å². The first-order valence-corrected chi connectivity index (χ1v) is 10.5. The van der Waals surface area contributed by atoms with Crippen LogP contribution in [0.2, 0.25) is 5.02 Å². The maximum absolute atomic E-state index is 13.4. The summed E-state index contributed by atoms with van der Waals surface area (Å²) >= 11 is 5.80. The van der Waals surface area contributed by atoms with Gasteiger partial charge in [0.05, 0.1) is 0 Å². The minimum absolute atomic E-state index is 0.0585. The van der Waals surface area contributed by atoms with Crippen molar-refractivity contribution in [2.24, 2.45) is 0 Å². The number of hydrogen-bond acceptors (Lipinski definition) is 5. The quantitative estimate of drug-likeness (QED) is 0.593. The summed E-state index contributed by atoms with van der Waals surface area (Å²) in [5.41, 5.74) is 2.72. The third-order valence-corrected chi connectivity index (χ3v) is 5.63. The highest BCUT2D eigenvalue weighted by Gasteiger charge is 2.49. The molecule has 0 aliphatic carbocycles. The molecule has 32 heavy (non-hydrogen) atoms. The lowest BCUT2D eigenvalue weighted by molar-refractivity contribution is -0.175. The standard InChI is InChI=1S/C22H21ClFN3O5/c23-15-9-13(10-16(24)12-15)5-7-25-21(30)32-22(31)6-8-27(20(22)29)17-2-3-18-14(11-17)1-4-19(28)26-18/h2-3,9-12,31H,1,4-8H2,(H,25,30)(H,26,28). The first-order valence-electron chi connectivity index (χ1n) is 10.1. The largest absolute Gasteiger partial charge is 0.410 e. The van der Waals surface area contributed by atoms with E-state index in [0.29, 0.717) is 29.8 Å². The number of alkyl carbamates (subject to hydrolysis) is 1. The van der Waals surface area contributed by atoms with E-state index in [2.05, 4.69) is 10.6 Å². The molecule has 1 atom stereocenters. The molecule has 2 aliphatic heterocycles. The number of nitrogens with one attached hydrogen (secondary N) is 2. The van der Waals surface area contributed by atoms with Crippen LogP contribution in [0.1, 0.15) is 24.0 Å². The summed E-state index contributed by atoms with van der Waals surface area (Å²) in [7, 11) is 0. The molecule has 3 N–H and O–H groups in total. The second-order valence-electron chi connectivity index (χ2n) is 7.72. The molecule has 2 aliphatic rings. The van der Waals surface area contributed by atoms with Gasteiger partial charge in [0.25, 0.3) is 11.7 Å². The number of benzene rings is 2. The highest BCUT2D eigenvalue weighted by molar-refractivity contribution is 6.30. The molecule has 4 rings (SSSR count). The average Bonchev–Trinajstić information content (AvgIpc) is 3.01. The first kappa shape index (κ1) is 22.0. The lowest BCUT2D eigenvalue weighted by atomic mass is 10.0. The number of fused-ring (bicyclic) bond motifs is 1.